The fraction of sp³-hybridized carbons (Fsp3) is 0.333. The van der Waals surface area contributed by atoms with Gasteiger partial charge in [-0.2, -0.15) is 0 Å². The molecule has 0 unspecified atom stereocenters. The Hall–Kier alpha value is -3.00. The van der Waals surface area contributed by atoms with Crippen LogP contribution in [0, 0.1) is 0 Å². The van der Waals surface area contributed by atoms with Gasteiger partial charge in [0.15, 0.2) is 6.10 Å². The van der Waals surface area contributed by atoms with Crippen LogP contribution in [0.3, 0.4) is 0 Å². The largest absolute Gasteiger partial charge is 0.493 e. The molecule has 6 nitrogen and oxygen atoms in total. The summed E-state index contributed by atoms with van der Waals surface area (Å²) in [5, 5.41) is 22.3. The van der Waals surface area contributed by atoms with E-state index >= 15 is 0 Å². The van der Waals surface area contributed by atoms with E-state index in [4.69, 9.17) is 18.9 Å². The molecule has 0 bridgehead atoms. The quantitative estimate of drug-likeness (QED) is 0.388. The van der Waals surface area contributed by atoms with E-state index in [1.807, 2.05) is 97.9 Å². The van der Waals surface area contributed by atoms with Crippen LogP contribution in [-0.2, 0) is 38.8 Å². The second-order valence-electron chi connectivity index (χ2n) is 8.83. The highest BCUT2D eigenvalue weighted by Gasteiger charge is 2.53. The molecule has 0 aliphatic heterocycles. The number of hydrogen-bond donors (Lipinski definition) is 2. The van der Waals surface area contributed by atoms with Crippen molar-refractivity contribution >= 4 is 0 Å². The molecule has 1 aliphatic rings. The topological polar surface area (TPSA) is 77.4 Å². The third-order valence-corrected chi connectivity index (χ3v) is 6.22. The van der Waals surface area contributed by atoms with Crippen LogP contribution in [0.1, 0.15) is 23.6 Å². The highest BCUT2D eigenvalue weighted by molar-refractivity contribution is 5.16. The number of aliphatic hydroxyl groups is 2. The third-order valence-electron chi connectivity index (χ3n) is 6.22. The summed E-state index contributed by atoms with van der Waals surface area (Å²) < 4.78 is 24.7. The number of allylic oxidation sites excluding steroid dienone is 1. The minimum absolute atomic E-state index is 0.256. The van der Waals surface area contributed by atoms with Gasteiger partial charge in [0.25, 0.3) is 0 Å². The van der Waals surface area contributed by atoms with Crippen LogP contribution < -0.4 is 0 Å². The third kappa shape index (κ3) is 6.81. The van der Waals surface area contributed by atoms with Gasteiger partial charge in [0.05, 0.1) is 26.1 Å². The van der Waals surface area contributed by atoms with Crippen molar-refractivity contribution in [3.8, 4) is 0 Å². The monoisotopic (exact) mass is 490 g/mol. The van der Waals surface area contributed by atoms with Crippen molar-refractivity contribution < 1.29 is 29.2 Å². The zero-order valence-electron chi connectivity index (χ0n) is 20.4. The molecule has 0 amide bonds. The second-order valence-corrected chi connectivity index (χ2v) is 8.83. The molecular formula is C30H34O6. The molecule has 2 N–H and O–H groups in total. The Balaban J connectivity index is 1.58. The lowest BCUT2D eigenvalue weighted by atomic mass is 9.84. The van der Waals surface area contributed by atoms with Gasteiger partial charge in [-0.05, 0) is 23.6 Å². The first-order valence-corrected chi connectivity index (χ1v) is 12.3. The Morgan fingerprint density at radius 2 is 0.917 bits per heavy atom. The van der Waals surface area contributed by atoms with Crippen LogP contribution in [0.4, 0.5) is 0 Å². The van der Waals surface area contributed by atoms with E-state index < -0.39 is 36.6 Å². The van der Waals surface area contributed by atoms with Gasteiger partial charge >= 0.3 is 0 Å². The maximum absolute atomic E-state index is 11.2. The average molecular weight is 491 g/mol. The zero-order valence-corrected chi connectivity index (χ0v) is 20.4. The predicted molar refractivity (Wildman–Crippen MR) is 137 cm³/mol. The first-order valence-electron chi connectivity index (χ1n) is 12.3. The maximum Gasteiger partial charge on any atom is 0.155 e. The summed E-state index contributed by atoms with van der Waals surface area (Å²) in [6, 6.07) is 29.2. The Bertz CT molecular complexity index is 1040. The smallest absolute Gasteiger partial charge is 0.155 e. The van der Waals surface area contributed by atoms with Crippen LogP contribution in [0.2, 0.25) is 0 Å². The summed E-state index contributed by atoms with van der Waals surface area (Å²) in [5.41, 5.74) is 2.88. The van der Waals surface area contributed by atoms with Crippen molar-refractivity contribution in [2.45, 2.75) is 63.4 Å². The van der Waals surface area contributed by atoms with E-state index in [1.165, 1.54) is 0 Å². The van der Waals surface area contributed by atoms with Crippen molar-refractivity contribution in [2.75, 3.05) is 0 Å². The molecule has 36 heavy (non-hydrogen) atoms. The molecule has 0 spiro atoms. The highest BCUT2D eigenvalue weighted by Crippen LogP contribution is 2.32. The number of hydrogen-bond acceptors (Lipinski definition) is 6. The van der Waals surface area contributed by atoms with E-state index in [9.17, 15) is 10.2 Å². The molecule has 1 aliphatic carbocycles. The summed E-state index contributed by atoms with van der Waals surface area (Å²) >= 11 is 0. The van der Waals surface area contributed by atoms with Crippen molar-refractivity contribution in [1.82, 2.24) is 0 Å². The van der Waals surface area contributed by atoms with Crippen molar-refractivity contribution in [3.05, 3.63) is 120 Å². The van der Waals surface area contributed by atoms with Gasteiger partial charge in [-0.25, -0.2) is 0 Å². The van der Waals surface area contributed by atoms with Gasteiger partial charge in [-0.3, -0.25) is 0 Å². The molecule has 0 heterocycles. The lowest BCUT2D eigenvalue weighted by Gasteiger charge is -2.46. The first-order chi connectivity index (χ1) is 17.7. The van der Waals surface area contributed by atoms with E-state index in [1.54, 1.807) is 12.3 Å². The lowest BCUT2D eigenvalue weighted by molar-refractivity contribution is -0.263. The van der Waals surface area contributed by atoms with E-state index in [0.717, 1.165) is 16.7 Å². The van der Waals surface area contributed by atoms with E-state index in [-0.39, 0.29) is 13.2 Å². The number of benzene rings is 3. The Kier molecular flexibility index (Phi) is 9.67. The molecule has 0 radical (unpaired) electrons. The normalized spacial score (nSPS) is 26.2. The standard InChI is InChI=1S/C30H34O6/c1-2-18-33-29-27(34-19-22-12-6-3-7-13-22)25(31)26(32)28(35-20-23-14-8-4-9-15-23)30(29)36-21-24-16-10-5-11-17-24/h2-18,25-32H,19-21H2,1H3/b18-2-/t25-,26-,27+,28+,29-,30+/m0/s1. The number of ether oxygens (including phenoxy) is 4. The second kappa shape index (κ2) is 13.3. The lowest BCUT2D eigenvalue weighted by Crippen LogP contribution is -2.66. The molecule has 3 aromatic rings. The van der Waals surface area contributed by atoms with Gasteiger partial charge in [-0.1, -0.05) is 97.1 Å². The minimum atomic E-state index is -1.24. The molecule has 0 saturated heterocycles. The molecule has 6 heteroatoms. The molecule has 1 saturated carbocycles. The summed E-state index contributed by atoms with van der Waals surface area (Å²) in [6.45, 7) is 2.65. The van der Waals surface area contributed by atoms with Crippen LogP contribution in [0.5, 0.6) is 0 Å². The SMILES string of the molecule is C/C=C\O[C@@H]1[C@H](OCc2ccccc2)[C@H](OCc2ccccc2)[C@@H](O)[C@H](O)[C@H]1OCc1ccccc1. The van der Waals surface area contributed by atoms with Crippen LogP contribution >= 0.6 is 0 Å². The van der Waals surface area contributed by atoms with Crippen LogP contribution in [0.15, 0.2) is 103 Å². The number of rotatable bonds is 11. The Morgan fingerprint density at radius 1 is 0.556 bits per heavy atom. The fourth-order valence-corrected chi connectivity index (χ4v) is 4.35. The van der Waals surface area contributed by atoms with Crippen molar-refractivity contribution in [1.29, 1.82) is 0 Å². The molecule has 190 valence electrons. The molecule has 4 rings (SSSR count). The van der Waals surface area contributed by atoms with Crippen molar-refractivity contribution in [3.63, 3.8) is 0 Å². The minimum Gasteiger partial charge on any atom is -0.493 e. The van der Waals surface area contributed by atoms with Gasteiger partial charge in [0.1, 0.15) is 30.5 Å². The van der Waals surface area contributed by atoms with Crippen molar-refractivity contribution in [2.24, 2.45) is 0 Å². The van der Waals surface area contributed by atoms with Gasteiger partial charge in [-0.15, -0.1) is 0 Å². The van der Waals surface area contributed by atoms with Gasteiger partial charge in [0, 0.05) is 0 Å². The van der Waals surface area contributed by atoms with Crippen LogP contribution in [-0.4, -0.2) is 46.8 Å². The summed E-state index contributed by atoms with van der Waals surface area (Å²) in [6.07, 6.45) is -2.25. The Morgan fingerprint density at radius 3 is 1.31 bits per heavy atom. The van der Waals surface area contributed by atoms with Crippen LogP contribution in [0.25, 0.3) is 0 Å². The predicted octanol–water partition coefficient (Wildman–Crippen LogP) is 4.40. The van der Waals surface area contributed by atoms with E-state index in [2.05, 4.69) is 0 Å². The fourth-order valence-electron chi connectivity index (χ4n) is 4.35. The summed E-state index contributed by atoms with van der Waals surface area (Å²) in [7, 11) is 0. The van der Waals surface area contributed by atoms with E-state index in [0.29, 0.717) is 6.61 Å². The zero-order chi connectivity index (χ0) is 25.2. The Labute approximate surface area is 212 Å². The molecule has 3 aromatic carbocycles. The van der Waals surface area contributed by atoms with Gasteiger partial charge in [0.2, 0.25) is 0 Å². The van der Waals surface area contributed by atoms with Gasteiger partial charge < -0.3 is 29.2 Å². The summed E-state index contributed by atoms with van der Waals surface area (Å²) in [5.74, 6) is 0. The first kappa shape index (κ1) is 26.1. The molecular weight excluding hydrogens is 456 g/mol. The highest BCUT2D eigenvalue weighted by atomic mass is 16.6. The number of aliphatic hydroxyl groups excluding tert-OH is 2. The summed E-state index contributed by atoms with van der Waals surface area (Å²) in [4.78, 5) is 0. The molecule has 0 aromatic heterocycles. The maximum atomic E-state index is 11.2. The molecule has 6 atom stereocenters. The molecule has 1 fully saturated rings. The average Bonchev–Trinajstić information content (AvgIpc) is 2.93.